The number of esters is 1. The van der Waals surface area contributed by atoms with Crippen molar-refractivity contribution >= 4 is 23.4 Å². The van der Waals surface area contributed by atoms with Crippen molar-refractivity contribution in [3.05, 3.63) is 103 Å². The SMILES string of the molecule is C=CCOc1ccc(/C=c2/sc3n(c2=O)[C@H](c2ccc(C)cc2)C(C(=O)OCC)=C(C)N=3)cc1OCC. The van der Waals surface area contributed by atoms with Crippen LogP contribution in [0.3, 0.4) is 0 Å². The van der Waals surface area contributed by atoms with Crippen molar-refractivity contribution in [2.45, 2.75) is 33.7 Å². The van der Waals surface area contributed by atoms with Crippen LogP contribution in [0.2, 0.25) is 0 Å². The van der Waals surface area contributed by atoms with E-state index in [0.717, 1.165) is 16.7 Å². The van der Waals surface area contributed by atoms with Gasteiger partial charge in [0.2, 0.25) is 0 Å². The molecular formula is C29H30N2O5S. The van der Waals surface area contributed by atoms with Crippen molar-refractivity contribution in [3.63, 3.8) is 0 Å². The number of fused-ring (bicyclic) bond motifs is 1. The Hall–Kier alpha value is -3.91. The lowest BCUT2D eigenvalue weighted by molar-refractivity contribution is -0.139. The van der Waals surface area contributed by atoms with E-state index in [-0.39, 0.29) is 12.2 Å². The Bertz CT molecular complexity index is 1530. The molecule has 2 aromatic carbocycles. The maximum absolute atomic E-state index is 13.8. The lowest BCUT2D eigenvalue weighted by atomic mass is 9.95. The lowest BCUT2D eigenvalue weighted by Crippen LogP contribution is -2.39. The third kappa shape index (κ3) is 5.44. The molecule has 0 amide bonds. The van der Waals surface area contributed by atoms with Crippen LogP contribution in [0.4, 0.5) is 0 Å². The first kappa shape index (κ1) is 26.2. The Morgan fingerprint density at radius 2 is 1.84 bits per heavy atom. The summed E-state index contributed by atoms with van der Waals surface area (Å²) in [7, 11) is 0. The Morgan fingerprint density at radius 3 is 2.51 bits per heavy atom. The molecule has 1 aromatic heterocycles. The molecule has 0 N–H and O–H groups in total. The van der Waals surface area contributed by atoms with Gasteiger partial charge in [0.1, 0.15) is 6.61 Å². The van der Waals surface area contributed by atoms with Gasteiger partial charge < -0.3 is 14.2 Å². The minimum absolute atomic E-state index is 0.228. The van der Waals surface area contributed by atoms with Gasteiger partial charge in [-0.15, -0.1) is 0 Å². The largest absolute Gasteiger partial charge is 0.490 e. The van der Waals surface area contributed by atoms with Crippen LogP contribution in [0.25, 0.3) is 6.08 Å². The number of aryl methyl sites for hydroxylation is 1. The molecule has 1 aliphatic rings. The molecule has 1 atom stereocenters. The summed E-state index contributed by atoms with van der Waals surface area (Å²) in [5.74, 6) is 0.721. The topological polar surface area (TPSA) is 79.1 Å². The summed E-state index contributed by atoms with van der Waals surface area (Å²) in [4.78, 5) is 31.9. The molecule has 0 bridgehead atoms. The Kier molecular flexibility index (Phi) is 8.08. The predicted molar refractivity (Wildman–Crippen MR) is 145 cm³/mol. The number of rotatable bonds is 9. The van der Waals surface area contributed by atoms with Gasteiger partial charge in [-0.2, -0.15) is 0 Å². The second-order valence-electron chi connectivity index (χ2n) is 8.45. The lowest BCUT2D eigenvalue weighted by Gasteiger charge is -2.24. The average molecular weight is 519 g/mol. The molecule has 0 aliphatic carbocycles. The smallest absolute Gasteiger partial charge is 0.338 e. The highest BCUT2D eigenvalue weighted by Gasteiger charge is 2.33. The first-order valence-electron chi connectivity index (χ1n) is 12.1. The Morgan fingerprint density at radius 1 is 1.08 bits per heavy atom. The van der Waals surface area contributed by atoms with Crippen LogP contribution in [0.5, 0.6) is 11.5 Å². The zero-order valence-corrected chi connectivity index (χ0v) is 22.3. The molecule has 37 heavy (non-hydrogen) atoms. The minimum Gasteiger partial charge on any atom is -0.490 e. The fraction of sp³-hybridized carbons (Fsp3) is 0.276. The Labute approximate surface area is 219 Å². The number of hydrogen-bond acceptors (Lipinski definition) is 7. The zero-order chi connectivity index (χ0) is 26.5. The van der Waals surface area contributed by atoms with E-state index in [4.69, 9.17) is 14.2 Å². The van der Waals surface area contributed by atoms with Crippen LogP contribution in [0.15, 0.2) is 76.2 Å². The van der Waals surface area contributed by atoms with E-state index >= 15 is 0 Å². The van der Waals surface area contributed by atoms with Crippen molar-refractivity contribution in [1.29, 1.82) is 0 Å². The number of benzene rings is 2. The quantitative estimate of drug-likeness (QED) is 0.315. The van der Waals surface area contributed by atoms with E-state index in [1.165, 1.54) is 11.3 Å². The average Bonchev–Trinajstić information content (AvgIpc) is 3.17. The van der Waals surface area contributed by atoms with Crippen LogP contribution >= 0.6 is 11.3 Å². The van der Waals surface area contributed by atoms with Gasteiger partial charge in [-0.25, -0.2) is 9.79 Å². The molecule has 2 heterocycles. The van der Waals surface area contributed by atoms with Crippen LogP contribution < -0.4 is 24.4 Å². The van der Waals surface area contributed by atoms with Crippen LogP contribution in [-0.2, 0) is 9.53 Å². The summed E-state index contributed by atoms with van der Waals surface area (Å²) in [6, 6.07) is 12.7. The third-order valence-corrected chi connectivity index (χ3v) is 6.82. The zero-order valence-electron chi connectivity index (χ0n) is 21.4. The molecule has 0 saturated heterocycles. The van der Waals surface area contributed by atoms with E-state index in [1.54, 1.807) is 30.6 Å². The fourth-order valence-electron chi connectivity index (χ4n) is 4.16. The molecule has 0 unspecified atom stereocenters. The van der Waals surface area contributed by atoms with E-state index in [9.17, 15) is 9.59 Å². The molecule has 0 saturated carbocycles. The van der Waals surface area contributed by atoms with Gasteiger partial charge in [0.05, 0.1) is 35.1 Å². The van der Waals surface area contributed by atoms with E-state index in [0.29, 0.717) is 45.3 Å². The summed E-state index contributed by atoms with van der Waals surface area (Å²) in [5, 5.41) is 0. The number of ether oxygens (including phenoxy) is 3. The van der Waals surface area contributed by atoms with Gasteiger partial charge in [0.15, 0.2) is 16.3 Å². The van der Waals surface area contributed by atoms with Crippen molar-refractivity contribution in [2.24, 2.45) is 4.99 Å². The molecule has 0 spiro atoms. The molecule has 1 aliphatic heterocycles. The molecule has 8 heteroatoms. The van der Waals surface area contributed by atoms with Gasteiger partial charge >= 0.3 is 5.97 Å². The van der Waals surface area contributed by atoms with Crippen molar-refractivity contribution in [2.75, 3.05) is 19.8 Å². The number of nitrogens with zero attached hydrogens (tertiary/aromatic N) is 2. The van der Waals surface area contributed by atoms with E-state index in [1.807, 2.05) is 56.3 Å². The third-order valence-electron chi connectivity index (χ3n) is 5.83. The molecule has 192 valence electrons. The summed E-state index contributed by atoms with van der Waals surface area (Å²) in [6.45, 7) is 12.2. The van der Waals surface area contributed by atoms with Gasteiger partial charge in [0, 0.05) is 0 Å². The molecule has 7 nitrogen and oxygen atoms in total. The van der Waals surface area contributed by atoms with Crippen molar-refractivity contribution in [3.8, 4) is 11.5 Å². The van der Waals surface area contributed by atoms with E-state index < -0.39 is 12.0 Å². The highest BCUT2D eigenvalue weighted by molar-refractivity contribution is 7.07. The summed E-state index contributed by atoms with van der Waals surface area (Å²) in [5.41, 5.74) is 3.37. The molecule has 0 radical (unpaired) electrons. The van der Waals surface area contributed by atoms with Crippen molar-refractivity contribution in [1.82, 2.24) is 4.57 Å². The van der Waals surface area contributed by atoms with Crippen LogP contribution in [-0.4, -0.2) is 30.4 Å². The minimum atomic E-state index is -0.633. The predicted octanol–water partition coefficient (Wildman–Crippen LogP) is 4.07. The maximum Gasteiger partial charge on any atom is 0.338 e. The number of carbonyl (C=O) groups excluding carboxylic acids is 1. The van der Waals surface area contributed by atoms with Gasteiger partial charge in [-0.3, -0.25) is 9.36 Å². The fourth-order valence-corrected chi connectivity index (χ4v) is 5.20. The number of carbonyl (C=O) groups is 1. The normalized spacial score (nSPS) is 15.1. The highest BCUT2D eigenvalue weighted by atomic mass is 32.1. The summed E-state index contributed by atoms with van der Waals surface area (Å²) in [6.07, 6.45) is 3.47. The van der Waals surface area contributed by atoms with Gasteiger partial charge in [-0.05, 0) is 57.0 Å². The van der Waals surface area contributed by atoms with Gasteiger partial charge in [-0.1, -0.05) is 59.9 Å². The number of thiazole rings is 1. The molecule has 3 aromatic rings. The highest BCUT2D eigenvalue weighted by Crippen LogP contribution is 2.31. The van der Waals surface area contributed by atoms with Crippen LogP contribution in [0, 0.1) is 6.92 Å². The maximum atomic E-state index is 13.8. The second kappa shape index (κ2) is 11.4. The first-order valence-corrected chi connectivity index (χ1v) is 13.0. The number of hydrogen-bond donors (Lipinski definition) is 0. The summed E-state index contributed by atoms with van der Waals surface area (Å²) >= 11 is 1.28. The Balaban J connectivity index is 1.87. The van der Waals surface area contributed by atoms with E-state index in [2.05, 4.69) is 11.6 Å². The summed E-state index contributed by atoms with van der Waals surface area (Å²) < 4.78 is 18.9. The number of allylic oxidation sites excluding steroid dienone is 1. The monoisotopic (exact) mass is 518 g/mol. The molecule has 4 rings (SSSR count). The first-order chi connectivity index (χ1) is 17.9. The van der Waals surface area contributed by atoms with Gasteiger partial charge in [0.25, 0.3) is 5.56 Å². The standard InChI is InChI=1S/C29H30N2O5S/c1-6-15-36-22-14-11-20(16-23(22)34-7-2)17-24-27(32)31-26(21-12-9-18(4)10-13-21)25(28(33)35-8-3)19(5)30-29(31)37-24/h6,9-14,16-17,26H,1,7-8,15H2,2-5H3/b24-17+/t26-/m1/s1. The number of aromatic nitrogens is 1. The van der Waals surface area contributed by atoms with Crippen LogP contribution in [0.1, 0.15) is 43.5 Å². The van der Waals surface area contributed by atoms with Crippen molar-refractivity contribution < 1.29 is 19.0 Å². The second-order valence-corrected chi connectivity index (χ2v) is 9.46. The molecule has 0 fully saturated rings. The molecular weight excluding hydrogens is 488 g/mol.